The van der Waals surface area contributed by atoms with Crippen LogP contribution in [0.1, 0.15) is 91.2 Å². The number of carbonyl (C=O) groups is 6. The Balaban J connectivity index is 1.40. The van der Waals surface area contributed by atoms with E-state index in [0.717, 1.165) is 4.90 Å². The lowest BCUT2D eigenvalue weighted by molar-refractivity contribution is -0.141. The summed E-state index contributed by atoms with van der Waals surface area (Å²) in [6.45, 7) is 13.7. The molecule has 4 aliphatic rings. The number of ether oxygens (including phenoxy) is 2. The molecule has 2 saturated carbocycles. The van der Waals surface area contributed by atoms with E-state index in [1.54, 1.807) is 26.8 Å². The van der Waals surface area contributed by atoms with E-state index in [9.17, 15) is 41.6 Å². The van der Waals surface area contributed by atoms with Crippen molar-refractivity contribution in [2.24, 2.45) is 11.3 Å². The molecule has 15 nitrogen and oxygen atoms in total. The molecule has 56 heavy (non-hydrogen) atoms. The Kier molecular flexibility index (Phi) is 12.0. The summed E-state index contributed by atoms with van der Waals surface area (Å²) in [7, 11) is -3.98. The van der Waals surface area contributed by atoms with Crippen molar-refractivity contribution in [3.8, 4) is 11.8 Å². The molecule has 5 amide bonds. The molecule has 0 bridgehead atoms. The Morgan fingerprint density at radius 3 is 2.38 bits per heavy atom. The van der Waals surface area contributed by atoms with Crippen LogP contribution in [0, 0.1) is 29.0 Å². The summed E-state index contributed by atoms with van der Waals surface area (Å²) in [4.78, 5) is 83.6. The number of likely N-dealkylation sites (tertiary alicyclic amines) is 1. The average molecular weight is 800 g/mol. The number of hydrogen-bond donors (Lipinski definition) is 3. The average Bonchev–Trinajstić information content (AvgIpc) is 3.98. The fourth-order valence-electron chi connectivity index (χ4n) is 6.62. The van der Waals surface area contributed by atoms with Crippen molar-refractivity contribution in [1.29, 1.82) is 0 Å². The molecule has 17 heteroatoms. The van der Waals surface area contributed by atoms with Gasteiger partial charge in [0, 0.05) is 36.3 Å². The summed E-state index contributed by atoms with van der Waals surface area (Å²) in [6.07, 6.45) is -1.32. The molecule has 0 radical (unpaired) electrons. The number of nitrogens with zero attached hydrogens (tertiary/aromatic N) is 2. The Labute approximate surface area is 326 Å². The number of sulfonamides is 1. The molecular weight excluding hydrogens is 750 g/mol. The predicted octanol–water partition coefficient (Wildman–Crippen LogP) is 3.21. The highest BCUT2D eigenvalue weighted by atomic mass is 32.2. The Morgan fingerprint density at radius 2 is 1.79 bits per heavy atom. The topological polar surface area (TPSA) is 198 Å². The van der Waals surface area contributed by atoms with Crippen molar-refractivity contribution < 1.29 is 51.0 Å². The second kappa shape index (κ2) is 15.9. The van der Waals surface area contributed by atoms with E-state index >= 15 is 0 Å². The third-order valence-electron chi connectivity index (χ3n) is 9.78. The van der Waals surface area contributed by atoms with Gasteiger partial charge in [0.2, 0.25) is 27.6 Å². The van der Waals surface area contributed by atoms with E-state index in [4.69, 9.17) is 9.47 Å². The van der Waals surface area contributed by atoms with Crippen LogP contribution in [0.15, 0.2) is 30.9 Å². The van der Waals surface area contributed by atoms with Crippen LogP contribution in [0.2, 0.25) is 0 Å². The summed E-state index contributed by atoms with van der Waals surface area (Å²) >= 11 is 0. The molecule has 0 aromatic heterocycles. The normalized spacial score (nSPS) is 23.4. The maximum atomic E-state index is 14.5. The first-order valence-corrected chi connectivity index (χ1v) is 20.1. The molecule has 1 aromatic rings. The van der Waals surface area contributed by atoms with E-state index in [2.05, 4.69) is 33.8 Å². The number of rotatable bonds is 12. The van der Waals surface area contributed by atoms with Crippen molar-refractivity contribution in [3.05, 3.63) is 47.8 Å². The zero-order chi connectivity index (χ0) is 41.4. The van der Waals surface area contributed by atoms with Crippen molar-refractivity contribution in [2.45, 2.75) is 128 Å². The lowest BCUT2D eigenvalue weighted by Gasteiger charge is -2.30. The first-order chi connectivity index (χ1) is 26.0. The fraction of sp³-hybridized carbons (Fsp3) is 0.590. The minimum atomic E-state index is -3.98. The third-order valence-corrected chi connectivity index (χ3v) is 11.6. The van der Waals surface area contributed by atoms with E-state index in [-0.39, 0.29) is 45.3 Å². The fourth-order valence-corrected chi connectivity index (χ4v) is 7.99. The van der Waals surface area contributed by atoms with Crippen molar-refractivity contribution >= 4 is 45.7 Å². The quantitative estimate of drug-likeness (QED) is 0.160. The molecule has 2 heterocycles. The van der Waals surface area contributed by atoms with Gasteiger partial charge in [-0.05, 0) is 84.8 Å². The van der Waals surface area contributed by atoms with Crippen LogP contribution in [0.25, 0.3) is 0 Å². The number of halogens is 1. The largest absolute Gasteiger partial charge is 0.444 e. The lowest BCUT2D eigenvalue weighted by Crippen LogP contribution is -2.58. The van der Waals surface area contributed by atoms with Gasteiger partial charge in [-0.3, -0.25) is 28.8 Å². The van der Waals surface area contributed by atoms with Crippen molar-refractivity contribution in [3.63, 3.8) is 0 Å². The first kappa shape index (κ1) is 42.2. The van der Waals surface area contributed by atoms with E-state index in [1.165, 1.54) is 23.1 Å². The standard InChI is InChI=1S/C39H50FN5O10S/c1-8-24-19-39(24,34(49)43-56(52,53)27-13-14-27)42-32(47)31-18-26(54-36(51)44-20-23-10-9-11-29(40)28(23)22-44)21-45(31)33(48)30(41-35(50)55-38(5,6)7)15-12-25(46)16-17-37(2,3)4/h8-11,24,26-27,30-31H,1,12-15,18-22H2,2-7H3,(H,41,50)(H,42,47)(H,43,49)/t24-,26-,30?,31?,39-/m1/s1. The summed E-state index contributed by atoms with van der Waals surface area (Å²) in [5, 5.41) is 4.46. The Morgan fingerprint density at radius 1 is 1.09 bits per heavy atom. The summed E-state index contributed by atoms with van der Waals surface area (Å²) in [5.74, 6) is 1.20. The molecular formula is C39H50FN5O10S. The van der Waals surface area contributed by atoms with Crippen LogP contribution >= 0.6 is 0 Å². The van der Waals surface area contributed by atoms with Crippen LogP contribution in [0.5, 0.6) is 0 Å². The van der Waals surface area contributed by atoms with Crippen LogP contribution in [-0.4, -0.2) is 95.0 Å². The number of carbonyl (C=O) groups excluding carboxylic acids is 6. The van der Waals surface area contributed by atoms with E-state index < -0.39 is 97.4 Å². The zero-order valence-electron chi connectivity index (χ0n) is 32.5. The zero-order valence-corrected chi connectivity index (χ0v) is 33.3. The Bertz CT molecular complexity index is 1980. The summed E-state index contributed by atoms with van der Waals surface area (Å²) in [6, 6.07) is 1.71. The minimum Gasteiger partial charge on any atom is -0.444 e. The van der Waals surface area contributed by atoms with Gasteiger partial charge in [-0.15, -0.1) is 6.58 Å². The smallest absolute Gasteiger partial charge is 0.410 e. The Hall–Kier alpha value is -4.98. The first-order valence-electron chi connectivity index (χ1n) is 18.6. The third kappa shape index (κ3) is 10.2. The second-order valence-corrected chi connectivity index (χ2v) is 18.8. The number of fused-ring (bicyclic) bond motifs is 1. The second-order valence-electron chi connectivity index (χ2n) is 16.8. The van der Waals surface area contributed by atoms with Gasteiger partial charge in [0.1, 0.15) is 35.1 Å². The van der Waals surface area contributed by atoms with Crippen LogP contribution in [0.3, 0.4) is 0 Å². The number of benzene rings is 1. The lowest BCUT2D eigenvalue weighted by atomic mass is 9.97. The number of amides is 5. The maximum absolute atomic E-state index is 14.5. The maximum Gasteiger partial charge on any atom is 0.410 e. The molecule has 304 valence electrons. The van der Waals surface area contributed by atoms with E-state index in [0.29, 0.717) is 24.0 Å². The van der Waals surface area contributed by atoms with Gasteiger partial charge in [-0.25, -0.2) is 22.4 Å². The van der Waals surface area contributed by atoms with Gasteiger partial charge in [0.25, 0.3) is 5.91 Å². The number of hydrogen-bond acceptors (Lipinski definition) is 10. The summed E-state index contributed by atoms with van der Waals surface area (Å²) in [5.41, 5.74) is -2.16. The number of nitrogens with one attached hydrogen (secondary N) is 3. The molecule has 1 saturated heterocycles. The molecule has 2 unspecified atom stereocenters. The van der Waals surface area contributed by atoms with Gasteiger partial charge >= 0.3 is 12.2 Å². The molecule has 2 aliphatic heterocycles. The number of alkyl carbamates (subject to hydrolysis) is 1. The number of ketones is 1. The van der Waals surface area contributed by atoms with Crippen molar-refractivity contribution in [1.82, 2.24) is 25.2 Å². The van der Waals surface area contributed by atoms with Gasteiger partial charge in [-0.2, -0.15) is 0 Å². The highest BCUT2D eigenvalue weighted by molar-refractivity contribution is 7.91. The highest BCUT2D eigenvalue weighted by Gasteiger charge is 2.62. The molecule has 1 aromatic carbocycles. The molecule has 3 N–H and O–H groups in total. The number of Topliss-reactive ketones (excluding diaryl/α,β-unsaturated/α-hetero) is 1. The van der Waals surface area contributed by atoms with Crippen LogP contribution < -0.4 is 15.4 Å². The predicted molar refractivity (Wildman–Crippen MR) is 200 cm³/mol. The molecule has 3 fully saturated rings. The molecule has 5 rings (SSSR count). The van der Waals surface area contributed by atoms with Crippen LogP contribution in [0.4, 0.5) is 14.0 Å². The highest BCUT2D eigenvalue weighted by Crippen LogP contribution is 2.45. The van der Waals surface area contributed by atoms with E-state index in [1.807, 2.05) is 20.8 Å². The van der Waals surface area contributed by atoms with Gasteiger partial charge in [0.05, 0.1) is 18.3 Å². The van der Waals surface area contributed by atoms with Crippen molar-refractivity contribution in [2.75, 3.05) is 6.54 Å². The monoisotopic (exact) mass is 799 g/mol. The minimum absolute atomic E-state index is 0.0416. The van der Waals surface area contributed by atoms with Gasteiger partial charge in [-0.1, -0.05) is 24.1 Å². The van der Waals surface area contributed by atoms with Gasteiger partial charge < -0.3 is 25.0 Å². The molecule has 0 spiro atoms. The van der Waals surface area contributed by atoms with Gasteiger partial charge in [0.15, 0.2) is 0 Å². The summed E-state index contributed by atoms with van der Waals surface area (Å²) < 4.78 is 53.1. The molecule has 2 aliphatic carbocycles. The van der Waals surface area contributed by atoms with Crippen LogP contribution in [-0.2, 0) is 51.8 Å². The SMILES string of the molecule is C=C[C@@H]1C[C@]1(NC(=O)C1C[C@@H](OC(=O)N2Cc3cccc(F)c3C2)CN1C(=O)C(CCC(=O)C#CC(C)(C)C)NC(=O)OC(C)(C)C)C(=O)NS(=O)(=O)C1CC1. The molecule has 5 atom stereocenters.